The van der Waals surface area contributed by atoms with E-state index in [0.29, 0.717) is 26.2 Å². The van der Waals surface area contributed by atoms with E-state index in [1.165, 1.54) is 31.3 Å². The first-order valence-electron chi connectivity index (χ1n) is 9.90. The monoisotopic (exact) mass is 416 g/mol. The van der Waals surface area contributed by atoms with Crippen LogP contribution >= 0.6 is 0 Å². The second kappa shape index (κ2) is 9.77. The van der Waals surface area contributed by atoms with Gasteiger partial charge in [0.1, 0.15) is 11.6 Å². The summed E-state index contributed by atoms with van der Waals surface area (Å²) < 4.78 is 26.9. The summed E-state index contributed by atoms with van der Waals surface area (Å²) >= 11 is 0. The van der Waals surface area contributed by atoms with Crippen LogP contribution in [0, 0.1) is 11.6 Å². The van der Waals surface area contributed by atoms with Gasteiger partial charge in [0, 0.05) is 33.2 Å². The van der Waals surface area contributed by atoms with Crippen LogP contribution in [0.5, 0.6) is 0 Å². The molecule has 1 aliphatic heterocycles. The Labute approximate surface area is 174 Å². The van der Waals surface area contributed by atoms with Crippen LogP contribution in [0.25, 0.3) is 0 Å². The van der Waals surface area contributed by atoms with Gasteiger partial charge in [-0.3, -0.25) is 19.9 Å². The van der Waals surface area contributed by atoms with Crippen molar-refractivity contribution in [1.29, 1.82) is 0 Å². The molecular weight excluding hydrogens is 390 g/mol. The van der Waals surface area contributed by atoms with Crippen molar-refractivity contribution < 1.29 is 18.4 Å². The molecular formula is C22H26F2N4O2. The smallest absolute Gasteiger partial charge is 0.321 e. The van der Waals surface area contributed by atoms with E-state index in [2.05, 4.69) is 15.5 Å². The SMILES string of the molecule is CNC(=O)NC(=O)[C@H](C)N1CCN(C(c2ccc(F)cc2)c2ccc(F)cc2)CC1. The topological polar surface area (TPSA) is 64.7 Å². The standard InChI is InChI=1S/C22H26F2N4O2/c1-15(21(29)26-22(30)25-2)27-11-13-28(14-12-27)20(16-3-7-18(23)8-4-16)17-5-9-19(24)10-6-17/h3-10,15,20H,11-14H2,1-2H3,(H2,25,26,29,30)/t15-/m0/s1. The Hall–Kier alpha value is -2.84. The molecule has 0 aromatic heterocycles. The van der Waals surface area contributed by atoms with Crippen molar-refractivity contribution in [2.75, 3.05) is 33.2 Å². The van der Waals surface area contributed by atoms with Gasteiger partial charge in [-0.1, -0.05) is 24.3 Å². The van der Waals surface area contributed by atoms with Gasteiger partial charge in [-0.25, -0.2) is 13.6 Å². The lowest BCUT2D eigenvalue weighted by molar-refractivity contribution is -0.125. The van der Waals surface area contributed by atoms with Crippen molar-refractivity contribution in [3.05, 3.63) is 71.3 Å². The number of urea groups is 1. The summed E-state index contributed by atoms with van der Waals surface area (Å²) in [5, 5.41) is 4.68. The predicted octanol–water partition coefficient (Wildman–Crippen LogP) is 2.52. The fourth-order valence-corrected chi connectivity index (χ4v) is 3.73. The summed E-state index contributed by atoms with van der Waals surface area (Å²) in [7, 11) is 1.46. The van der Waals surface area contributed by atoms with E-state index in [-0.39, 0.29) is 23.6 Å². The fraction of sp³-hybridized carbons (Fsp3) is 0.364. The summed E-state index contributed by atoms with van der Waals surface area (Å²) in [6.45, 7) is 4.35. The number of hydrogen-bond donors (Lipinski definition) is 2. The average Bonchev–Trinajstić information content (AvgIpc) is 2.76. The van der Waals surface area contributed by atoms with E-state index in [9.17, 15) is 18.4 Å². The van der Waals surface area contributed by atoms with Gasteiger partial charge < -0.3 is 5.32 Å². The van der Waals surface area contributed by atoms with Crippen LogP contribution in [-0.2, 0) is 4.79 Å². The lowest BCUT2D eigenvalue weighted by atomic mass is 9.96. The van der Waals surface area contributed by atoms with Gasteiger partial charge in [0.25, 0.3) is 0 Å². The van der Waals surface area contributed by atoms with Crippen molar-refractivity contribution in [2.45, 2.75) is 19.0 Å². The number of halogens is 2. The first kappa shape index (κ1) is 21.9. The molecule has 0 saturated carbocycles. The van der Waals surface area contributed by atoms with E-state index in [0.717, 1.165) is 11.1 Å². The zero-order chi connectivity index (χ0) is 21.7. The first-order chi connectivity index (χ1) is 14.4. The van der Waals surface area contributed by atoms with Crippen LogP contribution < -0.4 is 10.6 Å². The molecule has 8 heteroatoms. The Morgan fingerprint density at radius 1 is 0.833 bits per heavy atom. The second-order valence-corrected chi connectivity index (χ2v) is 7.32. The minimum Gasteiger partial charge on any atom is -0.341 e. The highest BCUT2D eigenvalue weighted by Crippen LogP contribution is 2.30. The van der Waals surface area contributed by atoms with E-state index < -0.39 is 12.1 Å². The number of nitrogens with zero attached hydrogens (tertiary/aromatic N) is 2. The number of carbonyl (C=O) groups is 2. The highest BCUT2D eigenvalue weighted by Gasteiger charge is 2.30. The molecule has 1 aliphatic rings. The van der Waals surface area contributed by atoms with Gasteiger partial charge in [-0.05, 0) is 42.3 Å². The van der Waals surface area contributed by atoms with Gasteiger partial charge in [0.05, 0.1) is 12.1 Å². The quantitative estimate of drug-likeness (QED) is 0.786. The molecule has 0 aliphatic carbocycles. The van der Waals surface area contributed by atoms with Crippen LogP contribution in [0.1, 0.15) is 24.1 Å². The molecule has 1 fully saturated rings. The number of amides is 3. The summed E-state index contributed by atoms with van der Waals surface area (Å²) in [4.78, 5) is 27.9. The number of imide groups is 1. The lowest BCUT2D eigenvalue weighted by Crippen LogP contribution is -2.55. The zero-order valence-corrected chi connectivity index (χ0v) is 17.1. The third-order valence-corrected chi connectivity index (χ3v) is 5.48. The van der Waals surface area contributed by atoms with Crippen molar-refractivity contribution in [2.24, 2.45) is 0 Å². The molecule has 0 spiro atoms. The first-order valence-corrected chi connectivity index (χ1v) is 9.90. The van der Waals surface area contributed by atoms with Gasteiger partial charge in [-0.15, -0.1) is 0 Å². The molecule has 1 atom stereocenters. The largest absolute Gasteiger partial charge is 0.341 e. The number of rotatable bonds is 5. The third-order valence-electron chi connectivity index (χ3n) is 5.48. The zero-order valence-electron chi connectivity index (χ0n) is 17.1. The van der Waals surface area contributed by atoms with Crippen molar-refractivity contribution >= 4 is 11.9 Å². The lowest BCUT2D eigenvalue weighted by Gasteiger charge is -2.41. The molecule has 0 radical (unpaired) electrons. The predicted molar refractivity (Wildman–Crippen MR) is 110 cm³/mol. The minimum atomic E-state index is -0.529. The maximum Gasteiger partial charge on any atom is 0.321 e. The van der Waals surface area contributed by atoms with Crippen LogP contribution in [0.3, 0.4) is 0 Å². The van der Waals surface area contributed by atoms with Crippen molar-refractivity contribution in [3.8, 4) is 0 Å². The molecule has 0 bridgehead atoms. The van der Waals surface area contributed by atoms with Crippen LogP contribution in [-0.4, -0.2) is 61.0 Å². The van der Waals surface area contributed by atoms with E-state index in [1.54, 1.807) is 31.2 Å². The van der Waals surface area contributed by atoms with E-state index in [4.69, 9.17) is 0 Å². The van der Waals surface area contributed by atoms with E-state index in [1.807, 2.05) is 4.90 Å². The van der Waals surface area contributed by atoms with Crippen LogP contribution in [0.4, 0.5) is 13.6 Å². The van der Waals surface area contributed by atoms with Crippen molar-refractivity contribution in [3.63, 3.8) is 0 Å². The molecule has 1 heterocycles. The molecule has 1 saturated heterocycles. The number of benzene rings is 2. The fourth-order valence-electron chi connectivity index (χ4n) is 3.73. The Kier molecular flexibility index (Phi) is 7.12. The highest BCUT2D eigenvalue weighted by atomic mass is 19.1. The average molecular weight is 416 g/mol. The van der Waals surface area contributed by atoms with Crippen LogP contribution in [0.15, 0.2) is 48.5 Å². The van der Waals surface area contributed by atoms with Gasteiger partial charge in [-0.2, -0.15) is 0 Å². The Bertz CT molecular complexity index is 820. The molecule has 2 aromatic rings. The molecule has 2 N–H and O–H groups in total. The van der Waals surface area contributed by atoms with Crippen LogP contribution in [0.2, 0.25) is 0 Å². The van der Waals surface area contributed by atoms with Gasteiger partial charge in [0.2, 0.25) is 5.91 Å². The van der Waals surface area contributed by atoms with Gasteiger partial charge in [0.15, 0.2) is 0 Å². The van der Waals surface area contributed by atoms with Gasteiger partial charge >= 0.3 is 6.03 Å². The summed E-state index contributed by atoms with van der Waals surface area (Å²) in [5.74, 6) is -0.967. The Morgan fingerprint density at radius 2 is 1.27 bits per heavy atom. The maximum absolute atomic E-state index is 13.4. The number of hydrogen-bond acceptors (Lipinski definition) is 4. The van der Waals surface area contributed by atoms with E-state index >= 15 is 0 Å². The summed E-state index contributed by atoms with van der Waals surface area (Å²) in [5.41, 5.74) is 1.84. The number of piperazine rings is 1. The molecule has 3 amide bonds. The number of carbonyl (C=O) groups excluding carboxylic acids is 2. The normalized spacial score (nSPS) is 16.3. The molecule has 30 heavy (non-hydrogen) atoms. The van der Waals surface area contributed by atoms with Crippen molar-refractivity contribution in [1.82, 2.24) is 20.4 Å². The molecule has 3 rings (SSSR count). The summed E-state index contributed by atoms with van der Waals surface area (Å²) in [6, 6.07) is 11.6. The Morgan fingerprint density at radius 3 is 1.70 bits per heavy atom. The molecule has 0 unspecified atom stereocenters. The highest BCUT2D eigenvalue weighted by molar-refractivity contribution is 5.96. The third kappa shape index (κ3) is 5.20. The summed E-state index contributed by atoms with van der Waals surface area (Å²) in [6.07, 6.45) is 0. The molecule has 6 nitrogen and oxygen atoms in total. The Balaban J connectivity index is 1.73. The second-order valence-electron chi connectivity index (χ2n) is 7.32. The number of nitrogens with one attached hydrogen (secondary N) is 2. The molecule has 160 valence electrons. The maximum atomic E-state index is 13.4. The minimum absolute atomic E-state index is 0.150. The molecule has 2 aromatic carbocycles.